The Kier molecular flexibility index (Phi) is 3.30. The van der Waals surface area contributed by atoms with Crippen molar-refractivity contribution in [1.82, 2.24) is 4.98 Å². The summed E-state index contributed by atoms with van der Waals surface area (Å²) in [6.07, 6.45) is 1.22. The lowest BCUT2D eigenvalue weighted by Crippen LogP contribution is -2.03. The first-order valence-electron chi connectivity index (χ1n) is 5.27. The van der Waals surface area contributed by atoms with Gasteiger partial charge in [-0.2, -0.15) is 5.26 Å². The van der Waals surface area contributed by atoms with Crippen molar-refractivity contribution in [3.63, 3.8) is 0 Å². The fraction of sp³-hybridized carbons (Fsp3) is 0. The van der Waals surface area contributed by atoms with Gasteiger partial charge in [-0.05, 0) is 24.3 Å². The van der Waals surface area contributed by atoms with Gasteiger partial charge in [-0.25, -0.2) is 9.78 Å². The molecule has 0 aliphatic heterocycles. The van der Waals surface area contributed by atoms with Crippen molar-refractivity contribution in [1.29, 1.82) is 5.26 Å². The number of nitriles is 1. The van der Waals surface area contributed by atoms with Crippen LogP contribution in [0.15, 0.2) is 36.5 Å². The zero-order chi connectivity index (χ0) is 13.8. The third-order valence-corrected chi connectivity index (χ3v) is 2.35. The second kappa shape index (κ2) is 5.06. The molecular formula is C13H9N3O3. The first-order chi connectivity index (χ1) is 9.10. The molecule has 0 aliphatic carbocycles. The highest BCUT2D eigenvalue weighted by Gasteiger charge is 2.10. The maximum absolute atomic E-state index is 10.9. The molecule has 1 heterocycles. The van der Waals surface area contributed by atoms with E-state index in [9.17, 15) is 4.79 Å². The quantitative estimate of drug-likeness (QED) is 0.868. The van der Waals surface area contributed by atoms with Gasteiger partial charge < -0.3 is 15.6 Å². The molecule has 0 radical (unpaired) electrons. The summed E-state index contributed by atoms with van der Waals surface area (Å²) in [7, 11) is 0. The standard InChI is InChI=1S/C13H9N3O3/c14-6-8-1-3-9(4-2-8)19-12-5-10(13(17)18)11(15)7-16-12/h1-5,7H,15H2,(H,17,18). The lowest BCUT2D eigenvalue weighted by molar-refractivity contribution is 0.0697. The fourth-order valence-electron chi connectivity index (χ4n) is 1.41. The Morgan fingerprint density at radius 1 is 1.37 bits per heavy atom. The van der Waals surface area contributed by atoms with E-state index in [4.69, 9.17) is 20.8 Å². The minimum absolute atomic E-state index is 0.0691. The van der Waals surface area contributed by atoms with Crippen LogP contribution in [-0.2, 0) is 0 Å². The van der Waals surface area contributed by atoms with Crippen LogP contribution in [0.5, 0.6) is 11.6 Å². The van der Waals surface area contributed by atoms with Crippen molar-refractivity contribution in [2.24, 2.45) is 0 Å². The molecule has 0 unspecified atom stereocenters. The Morgan fingerprint density at radius 2 is 2.05 bits per heavy atom. The molecule has 0 fully saturated rings. The zero-order valence-corrected chi connectivity index (χ0v) is 9.70. The van der Waals surface area contributed by atoms with Crippen LogP contribution in [0.25, 0.3) is 0 Å². The zero-order valence-electron chi connectivity index (χ0n) is 9.70. The van der Waals surface area contributed by atoms with E-state index in [2.05, 4.69) is 4.98 Å². The van der Waals surface area contributed by atoms with Crippen molar-refractivity contribution >= 4 is 11.7 Å². The minimum atomic E-state index is -1.15. The van der Waals surface area contributed by atoms with Gasteiger partial charge in [0.2, 0.25) is 5.88 Å². The number of aromatic nitrogens is 1. The topological polar surface area (TPSA) is 109 Å². The summed E-state index contributed by atoms with van der Waals surface area (Å²) in [5.74, 6) is -0.575. The summed E-state index contributed by atoms with van der Waals surface area (Å²) >= 11 is 0. The number of carbonyl (C=O) groups is 1. The highest BCUT2D eigenvalue weighted by molar-refractivity contribution is 5.93. The first-order valence-corrected chi connectivity index (χ1v) is 5.27. The first kappa shape index (κ1) is 12.4. The molecule has 6 heteroatoms. The predicted molar refractivity (Wildman–Crippen MR) is 66.8 cm³/mol. The van der Waals surface area contributed by atoms with Crippen LogP contribution >= 0.6 is 0 Å². The van der Waals surface area contributed by atoms with Gasteiger partial charge in [-0.1, -0.05) is 0 Å². The average molecular weight is 255 g/mol. The second-order valence-corrected chi connectivity index (χ2v) is 3.65. The predicted octanol–water partition coefficient (Wildman–Crippen LogP) is 2.03. The van der Waals surface area contributed by atoms with E-state index in [-0.39, 0.29) is 17.1 Å². The van der Waals surface area contributed by atoms with Crippen LogP contribution in [0.1, 0.15) is 15.9 Å². The summed E-state index contributed by atoms with van der Waals surface area (Å²) in [5, 5.41) is 17.6. The van der Waals surface area contributed by atoms with E-state index >= 15 is 0 Å². The number of nitrogens with zero attached hydrogens (tertiary/aromatic N) is 2. The van der Waals surface area contributed by atoms with Gasteiger partial charge in [0, 0.05) is 6.07 Å². The van der Waals surface area contributed by atoms with Gasteiger partial charge in [0.1, 0.15) is 5.75 Å². The van der Waals surface area contributed by atoms with Gasteiger partial charge in [-0.3, -0.25) is 0 Å². The van der Waals surface area contributed by atoms with Crippen LogP contribution in [0, 0.1) is 11.3 Å². The molecule has 2 rings (SSSR count). The van der Waals surface area contributed by atoms with Crippen LogP contribution in [0.3, 0.4) is 0 Å². The molecule has 0 bridgehead atoms. The molecule has 1 aromatic heterocycles. The maximum atomic E-state index is 10.9. The summed E-state index contributed by atoms with van der Waals surface area (Å²) < 4.78 is 5.38. The van der Waals surface area contributed by atoms with E-state index in [1.54, 1.807) is 24.3 Å². The van der Waals surface area contributed by atoms with Crippen LogP contribution in [0.2, 0.25) is 0 Å². The molecule has 19 heavy (non-hydrogen) atoms. The normalized spacial score (nSPS) is 9.63. The molecule has 0 saturated carbocycles. The van der Waals surface area contributed by atoms with Crippen molar-refractivity contribution < 1.29 is 14.6 Å². The Balaban J connectivity index is 2.25. The number of pyridine rings is 1. The van der Waals surface area contributed by atoms with E-state index in [0.29, 0.717) is 11.3 Å². The van der Waals surface area contributed by atoms with E-state index in [1.165, 1.54) is 12.3 Å². The van der Waals surface area contributed by atoms with Crippen LogP contribution in [0.4, 0.5) is 5.69 Å². The van der Waals surface area contributed by atoms with Crippen molar-refractivity contribution in [2.75, 3.05) is 5.73 Å². The number of hydrogen-bond donors (Lipinski definition) is 2. The molecule has 3 N–H and O–H groups in total. The fourth-order valence-corrected chi connectivity index (χ4v) is 1.41. The van der Waals surface area contributed by atoms with Crippen molar-refractivity contribution in [3.8, 4) is 17.7 Å². The Hall–Kier alpha value is -3.07. The smallest absolute Gasteiger partial charge is 0.338 e. The third kappa shape index (κ3) is 2.79. The molecule has 6 nitrogen and oxygen atoms in total. The number of anilines is 1. The van der Waals surface area contributed by atoms with Gasteiger partial charge in [0.15, 0.2) is 0 Å². The number of nitrogens with two attached hydrogens (primary N) is 1. The third-order valence-electron chi connectivity index (χ3n) is 2.35. The Morgan fingerprint density at radius 3 is 2.63 bits per heavy atom. The van der Waals surface area contributed by atoms with Gasteiger partial charge in [0.05, 0.1) is 29.1 Å². The van der Waals surface area contributed by atoms with Gasteiger partial charge in [-0.15, -0.1) is 0 Å². The van der Waals surface area contributed by atoms with Crippen molar-refractivity contribution in [3.05, 3.63) is 47.7 Å². The average Bonchev–Trinajstić information content (AvgIpc) is 2.41. The monoisotopic (exact) mass is 255 g/mol. The number of aromatic carboxylic acids is 1. The number of benzene rings is 1. The minimum Gasteiger partial charge on any atom is -0.478 e. The van der Waals surface area contributed by atoms with Gasteiger partial charge in [0.25, 0.3) is 0 Å². The number of rotatable bonds is 3. The van der Waals surface area contributed by atoms with E-state index in [0.717, 1.165) is 0 Å². The number of ether oxygens (including phenoxy) is 1. The molecule has 0 atom stereocenters. The molecule has 1 aromatic carbocycles. The van der Waals surface area contributed by atoms with Crippen LogP contribution in [-0.4, -0.2) is 16.1 Å². The second-order valence-electron chi connectivity index (χ2n) is 3.65. The number of carboxylic acid groups (broad SMARTS) is 1. The molecule has 0 amide bonds. The van der Waals surface area contributed by atoms with E-state index in [1.807, 2.05) is 6.07 Å². The summed E-state index contributed by atoms with van der Waals surface area (Å²) in [6.45, 7) is 0. The van der Waals surface area contributed by atoms with Crippen molar-refractivity contribution in [2.45, 2.75) is 0 Å². The highest BCUT2D eigenvalue weighted by Crippen LogP contribution is 2.22. The molecule has 0 aliphatic rings. The van der Waals surface area contributed by atoms with Crippen LogP contribution < -0.4 is 10.5 Å². The highest BCUT2D eigenvalue weighted by atomic mass is 16.5. The summed E-state index contributed by atoms with van der Waals surface area (Å²) in [6, 6.07) is 9.59. The maximum Gasteiger partial charge on any atom is 0.338 e. The molecule has 94 valence electrons. The summed E-state index contributed by atoms with van der Waals surface area (Å²) in [4.78, 5) is 14.8. The number of hydrogen-bond acceptors (Lipinski definition) is 5. The number of nitrogen functional groups attached to an aromatic ring is 1. The SMILES string of the molecule is N#Cc1ccc(Oc2cc(C(=O)O)c(N)cn2)cc1. The molecule has 0 spiro atoms. The lowest BCUT2D eigenvalue weighted by Gasteiger charge is -2.06. The lowest BCUT2D eigenvalue weighted by atomic mass is 10.2. The Labute approximate surface area is 108 Å². The number of carboxylic acids is 1. The van der Waals surface area contributed by atoms with E-state index < -0.39 is 5.97 Å². The Bertz CT molecular complexity index is 660. The summed E-state index contributed by atoms with van der Waals surface area (Å²) in [5.41, 5.74) is 5.99. The molecule has 0 saturated heterocycles. The molecular weight excluding hydrogens is 246 g/mol. The molecule has 2 aromatic rings. The largest absolute Gasteiger partial charge is 0.478 e. The van der Waals surface area contributed by atoms with Gasteiger partial charge >= 0.3 is 5.97 Å².